The number of halogens is 1. The molecule has 1 heterocycles. The summed E-state index contributed by atoms with van der Waals surface area (Å²) in [5.41, 5.74) is 0.305. The van der Waals surface area contributed by atoms with Crippen LogP contribution < -0.4 is 0 Å². The van der Waals surface area contributed by atoms with E-state index >= 15 is 0 Å². The molecule has 1 fully saturated rings. The van der Waals surface area contributed by atoms with E-state index in [0.29, 0.717) is 16.2 Å². The Hall–Kier alpha value is -0.310. The van der Waals surface area contributed by atoms with Crippen molar-refractivity contribution in [2.75, 3.05) is 0 Å². The molecule has 2 rings (SSSR count). The molecule has 0 aromatic carbocycles. The van der Waals surface area contributed by atoms with E-state index in [0.717, 1.165) is 12.8 Å². The summed E-state index contributed by atoms with van der Waals surface area (Å²) in [6, 6.07) is 0.408. The lowest BCUT2D eigenvalue weighted by Gasteiger charge is -1.97. The van der Waals surface area contributed by atoms with E-state index in [-0.39, 0.29) is 0 Å². The van der Waals surface area contributed by atoms with Crippen LogP contribution >= 0.6 is 15.9 Å². The van der Waals surface area contributed by atoms with Crippen molar-refractivity contribution in [3.8, 4) is 0 Å². The number of hydrogen-bond acceptors (Lipinski definition) is 1. The van der Waals surface area contributed by atoms with Crippen LogP contribution in [0.4, 0.5) is 0 Å². The monoisotopic (exact) mass is 203 g/mol. The van der Waals surface area contributed by atoms with Crippen molar-refractivity contribution < 1.29 is 4.11 Å². The zero-order valence-electron chi connectivity index (χ0n) is 8.34. The van der Waals surface area contributed by atoms with E-state index in [4.69, 9.17) is 4.11 Å². The Kier molecular flexibility index (Phi) is 0.815. The summed E-state index contributed by atoms with van der Waals surface area (Å²) in [5.74, 6) is 0. The molecule has 1 aliphatic rings. The average molecular weight is 204 g/mol. The van der Waals surface area contributed by atoms with Gasteiger partial charge in [0.2, 0.25) is 0 Å². The van der Waals surface area contributed by atoms with Gasteiger partial charge in [-0.05, 0) is 35.6 Å². The van der Waals surface area contributed by atoms with Crippen LogP contribution in [0.1, 0.15) is 28.6 Å². The van der Waals surface area contributed by atoms with Gasteiger partial charge in [-0.2, -0.15) is 5.10 Å². The molecule has 0 spiro atoms. The van der Waals surface area contributed by atoms with Crippen LogP contribution in [0.3, 0.4) is 0 Å². The van der Waals surface area contributed by atoms with Gasteiger partial charge in [-0.15, -0.1) is 0 Å². The van der Waals surface area contributed by atoms with Crippen molar-refractivity contribution in [1.82, 2.24) is 9.78 Å². The zero-order valence-corrected chi connectivity index (χ0v) is 6.93. The lowest BCUT2D eigenvalue weighted by molar-refractivity contribution is 0.627. The molecule has 0 amide bonds. The van der Waals surface area contributed by atoms with Crippen LogP contribution in [0.2, 0.25) is 0 Å². The van der Waals surface area contributed by atoms with Crippen LogP contribution in [0, 0.1) is 6.85 Å². The topological polar surface area (TPSA) is 17.8 Å². The Balaban J connectivity index is 2.38. The zero-order chi connectivity index (χ0) is 9.64. The maximum atomic E-state index is 7.24. The average Bonchev–Trinajstić information content (AvgIpc) is 2.73. The summed E-state index contributed by atoms with van der Waals surface area (Å²) in [5, 5.41) is 4.05. The van der Waals surface area contributed by atoms with Crippen molar-refractivity contribution in [3.05, 3.63) is 16.4 Å². The maximum absolute atomic E-state index is 7.24. The van der Waals surface area contributed by atoms with E-state index in [1.807, 2.05) is 0 Å². The number of aryl methyl sites for hydroxylation is 1. The SMILES string of the molecule is [2H]C([2H])([2H])c1cnn(C2CC2)c1Br. The molecule has 0 bridgehead atoms. The van der Waals surface area contributed by atoms with Crippen molar-refractivity contribution in [3.63, 3.8) is 0 Å². The molecule has 10 heavy (non-hydrogen) atoms. The minimum atomic E-state index is -2.06. The summed E-state index contributed by atoms with van der Waals surface area (Å²) in [7, 11) is 0. The number of rotatable bonds is 1. The van der Waals surface area contributed by atoms with E-state index in [2.05, 4.69) is 21.0 Å². The Morgan fingerprint density at radius 2 is 2.70 bits per heavy atom. The summed E-state index contributed by atoms with van der Waals surface area (Å²) < 4.78 is 24.1. The van der Waals surface area contributed by atoms with Crippen molar-refractivity contribution >= 4 is 15.9 Å². The molecule has 54 valence electrons. The van der Waals surface area contributed by atoms with Crippen LogP contribution in [-0.4, -0.2) is 9.78 Å². The van der Waals surface area contributed by atoms with E-state index in [1.165, 1.54) is 6.20 Å². The lowest BCUT2D eigenvalue weighted by Crippen LogP contribution is -1.95. The smallest absolute Gasteiger partial charge is 0.107 e. The molecule has 0 N–H and O–H groups in total. The first-order chi connectivity index (χ1) is 6.00. The van der Waals surface area contributed by atoms with Gasteiger partial charge in [0.1, 0.15) is 4.60 Å². The Morgan fingerprint density at radius 3 is 3.20 bits per heavy atom. The van der Waals surface area contributed by atoms with Crippen molar-refractivity contribution in [1.29, 1.82) is 0 Å². The molecule has 1 saturated carbocycles. The second-order valence-electron chi connectivity index (χ2n) is 2.52. The minimum Gasteiger partial charge on any atom is -0.255 e. The van der Waals surface area contributed by atoms with Crippen LogP contribution in [-0.2, 0) is 0 Å². The molecule has 0 aliphatic heterocycles. The maximum Gasteiger partial charge on any atom is 0.107 e. The van der Waals surface area contributed by atoms with Gasteiger partial charge in [0.05, 0.1) is 12.2 Å². The Morgan fingerprint density at radius 1 is 1.90 bits per heavy atom. The normalized spacial score (nSPS) is 23.5. The van der Waals surface area contributed by atoms with Gasteiger partial charge in [-0.3, -0.25) is 4.68 Å². The molecule has 0 saturated heterocycles. The largest absolute Gasteiger partial charge is 0.255 e. The molecule has 1 aromatic heterocycles. The standard InChI is InChI=1S/C7H9BrN2/c1-5-4-9-10(7(5)8)6-2-3-6/h4,6H,2-3H2,1H3/i1D3. The van der Waals surface area contributed by atoms with E-state index in [9.17, 15) is 0 Å². The summed E-state index contributed by atoms with van der Waals surface area (Å²) in [6.07, 6.45) is 3.62. The molecule has 0 unspecified atom stereocenters. The highest BCUT2D eigenvalue weighted by Gasteiger charge is 2.26. The van der Waals surface area contributed by atoms with Gasteiger partial charge in [-0.1, -0.05) is 0 Å². The molecule has 0 radical (unpaired) electrons. The first-order valence-corrected chi connectivity index (χ1v) is 4.03. The molecule has 1 aliphatic carbocycles. The highest BCUT2D eigenvalue weighted by Crippen LogP contribution is 2.37. The minimum absolute atomic E-state index is 0.305. The second kappa shape index (κ2) is 2.09. The molecule has 3 heteroatoms. The molecule has 1 aromatic rings. The fraction of sp³-hybridized carbons (Fsp3) is 0.571. The number of nitrogens with zero attached hydrogens (tertiary/aromatic N) is 2. The first kappa shape index (κ1) is 3.90. The van der Waals surface area contributed by atoms with E-state index in [1.54, 1.807) is 4.68 Å². The van der Waals surface area contributed by atoms with Gasteiger partial charge in [0.15, 0.2) is 0 Å². The van der Waals surface area contributed by atoms with Crippen molar-refractivity contribution in [2.24, 2.45) is 0 Å². The fourth-order valence-electron chi connectivity index (χ4n) is 0.921. The number of aromatic nitrogens is 2. The van der Waals surface area contributed by atoms with Crippen molar-refractivity contribution in [2.45, 2.75) is 25.7 Å². The first-order valence-electron chi connectivity index (χ1n) is 4.73. The predicted octanol–water partition coefficient (Wildman–Crippen LogP) is 2.29. The fourth-order valence-corrected chi connectivity index (χ4v) is 1.40. The van der Waals surface area contributed by atoms with Crippen LogP contribution in [0.5, 0.6) is 0 Å². The summed E-state index contributed by atoms with van der Waals surface area (Å²) in [4.78, 5) is 0. The summed E-state index contributed by atoms with van der Waals surface area (Å²) in [6.45, 7) is -2.06. The van der Waals surface area contributed by atoms with Gasteiger partial charge in [0, 0.05) is 9.68 Å². The number of hydrogen-bond donors (Lipinski definition) is 0. The van der Waals surface area contributed by atoms with Gasteiger partial charge in [0.25, 0.3) is 0 Å². The third-order valence-corrected chi connectivity index (χ3v) is 2.42. The lowest BCUT2D eigenvalue weighted by atomic mass is 10.4. The van der Waals surface area contributed by atoms with Crippen LogP contribution in [0.15, 0.2) is 10.8 Å². The van der Waals surface area contributed by atoms with Gasteiger partial charge < -0.3 is 0 Å². The highest BCUT2D eigenvalue weighted by molar-refractivity contribution is 9.10. The highest BCUT2D eigenvalue weighted by atomic mass is 79.9. The Labute approximate surface area is 72.6 Å². The van der Waals surface area contributed by atoms with Gasteiger partial charge >= 0.3 is 0 Å². The molecular weight excluding hydrogens is 192 g/mol. The molecular formula is C7H9BrN2. The quantitative estimate of drug-likeness (QED) is 0.686. The third-order valence-electron chi connectivity index (χ3n) is 1.63. The van der Waals surface area contributed by atoms with Gasteiger partial charge in [-0.25, -0.2) is 0 Å². The molecule has 2 nitrogen and oxygen atoms in total. The van der Waals surface area contributed by atoms with Crippen LogP contribution in [0.25, 0.3) is 0 Å². The molecule has 0 atom stereocenters. The predicted molar refractivity (Wildman–Crippen MR) is 42.9 cm³/mol. The van der Waals surface area contributed by atoms with E-state index < -0.39 is 6.85 Å². The summed E-state index contributed by atoms with van der Waals surface area (Å²) >= 11 is 3.27. The Bertz CT molecular complexity index is 327. The second-order valence-corrected chi connectivity index (χ2v) is 3.28. The third kappa shape index (κ3) is 0.888.